The van der Waals surface area contributed by atoms with Gasteiger partial charge in [0.2, 0.25) is 8.32 Å². The van der Waals surface area contributed by atoms with E-state index in [1.807, 2.05) is 19.6 Å². The smallest absolute Gasteiger partial charge is 0.330 e. The predicted molar refractivity (Wildman–Crippen MR) is 45.6 cm³/mol. The van der Waals surface area contributed by atoms with E-state index in [4.69, 9.17) is 4.43 Å². The van der Waals surface area contributed by atoms with Crippen LogP contribution in [0.5, 0.6) is 0 Å². The maximum Gasteiger partial charge on any atom is 0.330 e. The Morgan fingerprint density at radius 1 is 1.55 bits per heavy atom. The Kier molecular flexibility index (Phi) is 3.88. The van der Waals surface area contributed by atoms with E-state index in [0.29, 0.717) is 0 Å². The third kappa shape index (κ3) is 7.12. The van der Waals surface area contributed by atoms with Crippen molar-refractivity contribution in [2.24, 2.45) is 0 Å². The minimum atomic E-state index is -1.73. The average Bonchev–Trinajstić information content (AvgIpc) is 1.79. The van der Waals surface area contributed by atoms with Gasteiger partial charge in [-0.1, -0.05) is 6.58 Å². The van der Waals surface area contributed by atoms with Crippen molar-refractivity contribution in [2.45, 2.75) is 19.6 Å². The number of hydrogen-bond donors (Lipinski definition) is 0. The first-order valence-electron chi connectivity index (χ1n) is 3.40. The Balaban J connectivity index is 3.61. The summed E-state index contributed by atoms with van der Waals surface area (Å²) in [4.78, 5) is 10.9. The molecule has 0 radical (unpaired) electrons. The zero-order chi connectivity index (χ0) is 8.91. The molecule has 0 aromatic carbocycles. The molecule has 0 rings (SSSR count). The lowest BCUT2D eigenvalue weighted by atomic mass is 10.7. The van der Waals surface area contributed by atoms with Crippen LogP contribution >= 0.6 is 0 Å². The van der Waals surface area contributed by atoms with Gasteiger partial charge in [0.25, 0.3) is 0 Å². The number of carbonyl (C=O) groups excluding carboxylic acids is 1. The molecule has 0 atom stereocenters. The molecule has 3 nitrogen and oxygen atoms in total. The molecule has 0 aliphatic rings. The van der Waals surface area contributed by atoms with Gasteiger partial charge in [-0.05, 0) is 19.6 Å². The van der Waals surface area contributed by atoms with Crippen molar-refractivity contribution in [3.05, 3.63) is 12.8 Å². The van der Waals surface area contributed by atoms with Gasteiger partial charge in [0.1, 0.15) is 0 Å². The molecule has 0 amide bonds. The highest BCUT2D eigenvalue weighted by atomic mass is 28.4. The summed E-state index contributed by atoms with van der Waals surface area (Å²) >= 11 is 0. The van der Waals surface area contributed by atoms with Gasteiger partial charge >= 0.3 is 5.97 Å². The van der Waals surface area contributed by atoms with E-state index in [-0.39, 0.29) is 12.6 Å². The summed E-state index contributed by atoms with van der Waals surface area (Å²) in [6.07, 6.45) is 1.23. The number of ether oxygens (including phenoxy) is 1. The first-order valence-corrected chi connectivity index (χ1v) is 6.81. The molecular weight excluding hydrogens is 160 g/mol. The van der Waals surface area contributed by atoms with Gasteiger partial charge in [0, 0.05) is 0 Å². The van der Waals surface area contributed by atoms with Crippen molar-refractivity contribution in [2.75, 3.05) is 6.61 Å². The van der Waals surface area contributed by atoms with Crippen molar-refractivity contribution in [3.8, 4) is 0 Å². The van der Waals surface area contributed by atoms with Gasteiger partial charge in [-0.15, -0.1) is 0 Å². The first-order chi connectivity index (χ1) is 4.95. The molecule has 0 saturated carbocycles. The molecule has 11 heavy (non-hydrogen) atoms. The van der Waals surface area contributed by atoms with Crippen LogP contribution < -0.4 is 0 Å². The summed E-state index contributed by atoms with van der Waals surface area (Å²) in [5, 5.41) is 0. The molecule has 0 aliphatic carbocycles. The third-order valence-corrected chi connectivity index (χ3v) is 1.58. The standard InChI is InChI=1S/C7H14O3Si/c1-5-9-6-7(8)10-11(2,3)4/h5H,1,6H2,2-4H3. The third-order valence-electron chi connectivity index (χ3n) is 0.739. The minimum Gasteiger partial charge on any atom is -0.517 e. The molecule has 0 N–H and O–H groups in total. The van der Waals surface area contributed by atoms with E-state index in [2.05, 4.69) is 11.3 Å². The van der Waals surface area contributed by atoms with Crippen LogP contribution in [0.25, 0.3) is 0 Å². The lowest BCUT2D eigenvalue weighted by Crippen LogP contribution is -2.30. The Morgan fingerprint density at radius 3 is 2.45 bits per heavy atom. The maximum absolute atomic E-state index is 10.9. The molecule has 0 unspecified atom stereocenters. The largest absolute Gasteiger partial charge is 0.517 e. The van der Waals surface area contributed by atoms with Crippen molar-refractivity contribution < 1.29 is 14.0 Å². The van der Waals surface area contributed by atoms with E-state index < -0.39 is 8.32 Å². The zero-order valence-corrected chi connectivity index (χ0v) is 8.22. The fourth-order valence-electron chi connectivity index (χ4n) is 0.498. The van der Waals surface area contributed by atoms with E-state index >= 15 is 0 Å². The van der Waals surface area contributed by atoms with Gasteiger partial charge in [0.05, 0.1) is 6.26 Å². The second-order valence-corrected chi connectivity index (χ2v) is 7.49. The first kappa shape index (κ1) is 10.2. The molecule has 0 aromatic heterocycles. The Bertz CT molecular complexity index is 148. The fourth-order valence-corrected chi connectivity index (χ4v) is 1.24. The minimum absolute atomic E-state index is 0.0340. The molecule has 0 heterocycles. The average molecular weight is 174 g/mol. The van der Waals surface area contributed by atoms with Gasteiger partial charge in [-0.25, -0.2) is 4.79 Å². The van der Waals surface area contributed by atoms with E-state index in [1.165, 1.54) is 6.26 Å². The van der Waals surface area contributed by atoms with E-state index in [9.17, 15) is 4.79 Å². The second-order valence-electron chi connectivity index (χ2n) is 3.06. The molecule has 64 valence electrons. The van der Waals surface area contributed by atoms with Crippen molar-refractivity contribution in [1.82, 2.24) is 0 Å². The maximum atomic E-state index is 10.9. The summed E-state index contributed by atoms with van der Waals surface area (Å²) in [5.41, 5.74) is 0. The zero-order valence-electron chi connectivity index (χ0n) is 7.22. The summed E-state index contributed by atoms with van der Waals surface area (Å²) in [7, 11) is -1.73. The van der Waals surface area contributed by atoms with Crippen LogP contribution in [0.1, 0.15) is 0 Å². The lowest BCUT2D eigenvalue weighted by molar-refractivity contribution is -0.138. The van der Waals surface area contributed by atoms with Gasteiger partial charge < -0.3 is 9.16 Å². The number of carbonyl (C=O) groups is 1. The summed E-state index contributed by atoms with van der Waals surface area (Å²) in [5.74, 6) is -0.316. The Labute approximate surface area is 68.1 Å². The fraction of sp³-hybridized carbons (Fsp3) is 0.571. The van der Waals surface area contributed by atoms with Crippen LogP contribution in [0.2, 0.25) is 19.6 Å². The van der Waals surface area contributed by atoms with Crippen molar-refractivity contribution in [1.29, 1.82) is 0 Å². The normalized spacial score (nSPS) is 10.5. The summed E-state index contributed by atoms with van der Waals surface area (Å²) in [6.45, 7) is 9.11. The Hall–Kier alpha value is -0.773. The molecular formula is C7H14O3Si. The van der Waals surface area contributed by atoms with Crippen molar-refractivity contribution in [3.63, 3.8) is 0 Å². The molecule has 0 spiro atoms. The number of hydrogen-bond acceptors (Lipinski definition) is 3. The van der Waals surface area contributed by atoms with Crippen LogP contribution in [0, 0.1) is 0 Å². The summed E-state index contributed by atoms with van der Waals surface area (Å²) in [6, 6.07) is 0. The highest BCUT2D eigenvalue weighted by molar-refractivity contribution is 6.71. The topological polar surface area (TPSA) is 35.5 Å². The highest BCUT2D eigenvalue weighted by Gasteiger charge is 2.19. The van der Waals surface area contributed by atoms with Gasteiger partial charge in [0.15, 0.2) is 6.61 Å². The molecule has 0 aliphatic heterocycles. The van der Waals surface area contributed by atoms with Crippen LogP contribution in [0.3, 0.4) is 0 Å². The van der Waals surface area contributed by atoms with Crippen LogP contribution in [-0.4, -0.2) is 20.9 Å². The second kappa shape index (κ2) is 4.18. The van der Waals surface area contributed by atoms with Crippen LogP contribution in [-0.2, 0) is 14.0 Å². The quantitative estimate of drug-likeness (QED) is 0.479. The molecule has 0 saturated heterocycles. The van der Waals surface area contributed by atoms with Crippen molar-refractivity contribution >= 4 is 14.3 Å². The van der Waals surface area contributed by atoms with Crippen LogP contribution in [0.4, 0.5) is 0 Å². The highest BCUT2D eigenvalue weighted by Crippen LogP contribution is 2.02. The van der Waals surface area contributed by atoms with Gasteiger partial charge in [-0.2, -0.15) is 0 Å². The monoisotopic (exact) mass is 174 g/mol. The molecule has 0 fully saturated rings. The SMILES string of the molecule is C=COCC(=O)O[Si](C)(C)C. The molecule has 4 heteroatoms. The van der Waals surface area contributed by atoms with Crippen LogP contribution in [0.15, 0.2) is 12.8 Å². The lowest BCUT2D eigenvalue weighted by Gasteiger charge is -2.16. The van der Waals surface area contributed by atoms with E-state index in [0.717, 1.165) is 0 Å². The Morgan fingerprint density at radius 2 is 2.09 bits per heavy atom. The van der Waals surface area contributed by atoms with E-state index in [1.54, 1.807) is 0 Å². The number of rotatable bonds is 4. The van der Waals surface area contributed by atoms with Gasteiger partial charge in [-0.3, -0.25) is 0 Å². The predicted octanol–water partition coefficient (Wildman–Crippen LogP) is 1.52. The molecule has 0 bridgehead atoms. The molecule has 0 aromatic rings. The summed E-state index contributed by atoms with van der Waals surface area (Å²) < 4.78 is 9.72.